The van der Waals surface area contributed by atoms with Crippen molar-refractivity contribution < 1.29 is 22.6 Å². The van der Waals surface area contributed by atoms with Gasteiger partial charge in [0.25, 0.3) is 21.9 Å². The third kappa shape index (κ3) is 5.82. The van der Waals surface area contributed by atoms with Crippen molar-refractivity contribution in [2.45, 2.75) is 13.0 Å². The molecule has 0 saturated heterocycles. The van der Waals surface area contributed by atoms with Gasteiger partial charge >= 0.3 is 0 Å². The molecule has 0 saturated carbocycles. The van der Waals surface area contributed by atoms with Crippen LogP contribution in [0, 0.1) is 5.41 Å². The van der Waals surface area contributed by atoms with E-state index in [1.54, 1.807) is 0 Å². The van der Waals surface area contributed by atoms with Crippen LogP contribution in [-0.2, 0) is 33.3 Å². The molecule has 0 unspecified atom stereocenters. The zero-order chi connectivity index (χ0) is 27.6. The van der Waals surface area contributed by atoms with E-state index in [1.807, 2.05) is 72.5 Å². The molecule has 10 nitrogen and oxygen atoms in total. The van der Waals surface area contributed by atoms with Gasteiger partial charge in [0.15, 0.2) is 5.17 Å². The number of fused-ring (bicyclic) bond motifs is 2. The summed E-state index contributed by atoms with van der Waals surface area (Å²) in [6, 6.07) is 15.8. The lowest BCUT2D eigenvalue weighted by Crippen LogP contribution is -2.22. The van der Waals surface area contributed by atoms with E-state index < -0.39 is 10.1 Å². The Kier molecular flexibility index (Phi) is 7.76. The molecule has 5 rings (SSSR count). The molecule has 2 aromatic heterocycles. The van der Waals surface area contributed by atoms with Crippen LogP contribution in [0.25, 0.3) is 33.0 Å². The minimum atomic E-state index is -3.67. The van der Waals surface area contributed by atoms with E-state index in [-0.39, 0.29) is 17.0 Å². The van der Waals surface area contributed by atoms with Gasteiger partial charge in [-0.2, -0.15) is 8.42 Å². The van der Waals surface area contributed by atoms with E-state index >= 15 is 0 Å². The molecule has 0 radical (unpaired) electrons. The van der Waals surface area contributed by atoms with Crippen LogP contribution < -0.4 is 11.1 Å². The predicted molar refractivity (Wildman–Crippen MR) is 151 cm³/mol. The van der Waals surface area contributed by atoms with Crippen LogP contribution in [0.4, 0.5) is 0 Å². The molecular weight excluding hydrogens is 526 g/mol. The quantitative estimate of drug-likeness (QED) is 0.0937. The van der Waals surface area contributed by atoms with E-state index in [4.69, 9.17) is 15.7 Å². The first-order valence-electron chi connectivity index (χ1n) is 11.6. The average Bonchev–Trinajstić information content (AvgIpc) is 3.46. The lowest BCUT2D eigenvalue weighted by Gasteiger charge is -2.04. The fourth-order valence-electron chi connectivity index (χ4n) is 4.56. The molecule has 5 N–H and O–H groups in total. The highest BCUT2D eigenvalue weighted by molar-refractivity contribution is 8.13. The Morgan fingerprint density at radius 1 is 0.974 bits per heavy atom. The van der Waals surface area contributed by atoms with Crippen molar-refractivity contribution in [1.29, 1.82) is 5.41 Å². The minimum absolute atomic E-state index is 0.110. The molecule has 0 spiro atoms. The number of nitrogens with one attached hydrogen (secondary N) is 2. The number of rotatable bonds is 6. The molecule has 2 aromatic carbocycles. The summed E-state index contributed by atoms with van der Waals surface area (Å²) in [5, 5.41) is 11.9. The molecule has 1 aliphatic rings. The second-order valence-electron chi connectivity index (χ2n) is 8.76. The normalized spacial score (nSPS) is 13.7. The summed E-state index contributed by atoms with van der Waals surface area (Å²) in [5.74, 6) is -0.0147. The van der Waals surface area contributed by atoms with Crippen molar-refractivity contribution in [3.8, 4) is 0 Å². The topological polar surface area (TPSA) is 160 Å². The Morgan fingerprint density at radius 3 is 2.05 bits per heavy atom. The SMILES string of the molecule is CS(=O)(=O)O.Cn1cc(C2=C(c3cn(CCCSC(=N)N)c4ccccc34)C(=O)NC2=O)c2ccccc21. The maximum atomic E-state index is 13.1. The minimum Gasteiger partial charge on any atom is -0.379 e. The Bertz CT molecular complexity index is 1710. The van der Waals surface area contributed by atoms with E-state index in [1.165, 1.54) is 11.8 Å². The Labute approximate surface area is 223 Å². The third-order valence-electron chi connectivity index (χ3n) is 5.96. The number of para-hydroxylation sites is 2. The Balaban J connectivity index is 0.000000617. The highest BCUT2D eigenvalue weighted by Crippen LogP contribution is 2.38. The molecule has 38 heavy (non-hydrogen) atoms. The zero-order valence-corrected chi connectivity index (χ0v) is 22.4. The molecule has 0 bridgehead atoms. The zero-order valence-electron chi connectivity index (χ0n) is 20.8. The maximum Gasteiger partial charge on any atom is 0.261 e. The van der Waals surface area contributed by atoms with Gasteiger partial charge in [-0.25, -0.2) is 0 Å². The van der Waals surface area contributed by atoms with Crippen LogP contribution in [-0.4, -0.2) is 51.1 Å². The lowest BCUT2D eigenvalue weighted by molar-refractivity contribution is -0.122. The van der Waals surface area contributed by atoms with Gasteiger partial charge in [0.1, 0.15) is 0 Å². The number of nitrogens with zero attached hydrogens (tertiary/aromatic N) is 2. The fraction of sp³-hybridized carbons (Fsp3) is 0.192. The second kappa shape index (κ2) is 10.9. The van der Waals surface area contributed by atoms with E-state index in [0.717, 1.165) is 45.1 Å². The molecule has 12 heteroatoms. The Hall–Kier alpha value is -3.87. The van der Waals surface area contributed by atoms with E-state index in [0.29, 0.717) is 23.9 Å². The number of hydrogen-bond donors (Lipinski definition) is 4. The van der Waals surface area contributed by atoms with Crippen LogP contribution in [0.5, 0.6) is 0 Å². The number of amides is 2. The highest BCUT2D eigenvalue weighted by atomic mass is 32.2. The van der Waals surface area contributed by atoms with Gasteiger partial charge in [-0.3, -0.25) is 24.9 Å². The molecule has 198 valence electrons. The molecule has 1 aliphatic heterocycles. The van der Waals surface area contributed by atoms with Crippen molar-refractivity contribution in [2.24, 2.45) is 12.8 Å². The smallest absolute Gasteiger partial charge is 0.261 e. The largest absolute Gasteiger partial charge is 0.379 e. The van der Waals surface area contributed by atoms with Gasteiger partial charge in [-0.15, -0.1) is 0 Å². The predicted octanol–water partition coefficient (Wildman–Crippen LogP) is 3.22. The number of amidine groups is 1. The van der Waals surface area contributed by atoms with Crippen molar-refractivity contribution in [1.82, 2.24) is 14.5 Å². The van der Waals surface area contributed by atoms with Gasteiger partial charge in [-0.1, -0.05) is 48.2 Å². The molecule has 0 aliphatic carbocycles. The standard InChI is InChI=1S/C25H23N5O2S.CH4O3S/c1-29-13-17(15-7-2-4-9-19(15)29)21-22(24(32)28-23(21)31)18-14-30(11-6-12-33-25(26)27)20-10-5-3-8-16(18)20;1-5(2,3)4/h2-5,7-10,13-14H,6,11-12H2,1H3,(H3,26,27)(H,28,31,32);1H3,(H,2,3,4). The van der Waals surface area contributed by atoms with Crippen LogP contribution in [0.2, 0.25) is 0 Å². The van der Waals surface area contributed by atoms with Crippen LogP contribution >= 0.6 is 11.8 Å². The average molecular weight is 554 g/mol. The fourth-order valence-corrected chi connectivity index (χ4v) is 5.05. The van der Waals surface area contributed by atoms with Crippen LogP contribution in [0.15, 0.2) is 60.9 Å². The summed E-state index contributed by atoms with van der Waals surface area (Å²) in [7, 11) is -1.73. The van der Waals surface area contributed by atoms with Crippen LogP contribution in [0.1, 0.15) is 17.5 Å². The summed E-state index contributed by atoms with van der Waals surface area (Å²) in [5.41, 5.74) is 9.75. The molecule has 2 amide bonds. The first kappa shape index (κ1) is 27.2. The number of benzene rings is 2. The van der Waals surface area contributed by atoms with Gasteiger partial charge in [0.2, 0.25) is 0 Å². The summed E-state index contributed by atoms with van der Waals surface area (Å²) >= 11 is 1.32. The monoisotopic (exact) mass is 553 g/mol. The second-order valence-corrected chi connectivity index (χ2v) is 11.4. The number of aromatic nitrogens is 2. The van der Waals surface area contributed by atoms with Crippen molar-refractivity contribution in [2.75, 3.05) is 12.0 Å². The summed E-state index contributed by atoms with van der Waals surface area (Å²) in [6.45, 7) is 0.716. The summed E-state index contributed by atoms with van der Waals surface area (Å²) in [4.78, 5) is 26.1. The number of hydrogen-bond acceptors (Lipinski definition) is 6. The van der Waals surface area contributed by atoms with Gasteiger partial charge < -0.3 is 14.9 Å². The summed E-state index contributed by atoms with van der Waals surface area (Å²) in [6.07, 6.45) is 5.41. The van der Waals surface area contributed by atoms with Crippen molar-refractivity contribution in [3.05, 3.63) is 72.1 Å². The lowest BCUT2D eigenvalue weighted by atomic mass is 9.95. The number of carbonyl (C=O) groups is 2. The van der Waals surface area contributed by atoms with Gasteiger partial charge in [0, 0.05) is 64.7 Å². The maximum absolute atomic E-state index is 13.1. The Morgan fingerprint density at radius 2 is 1.47 bits per heavy atom. The van der Waals surface area contributed by atoms with Crippen molar-refractivity contribution in [3.63, 3.8) is 0 Å². The van der Waals surface area contributed by atoms with Crippen molar-refractivity contribution >= 4 is 71.8 Å². The number of imide groups is 1. The number of aryl methyl sites for hydroxylation is 2. The highest BCUT2D eigenvalue weighted by Gasteiger charge is 2.35. The summed E-state index contributed by atoms with van der Waals surface area (Å²) < 4.78 is 29.9. The number of thioether (sulfide) groups is 1. The first-order chi connectivity index (χ1) is 18.0. The molecule has 0 atom stereocenters. The van der Waals surface area contributed by atoms with Gasteiger partial charge in [0.05, 0.1) is 17.4 Å². The molecule has 0 fully saturated rings. The van der Waals surface area contributed by atoms with Gasteiger partial charge in [-0.05, 0) is 18.6 Å². The third-order valence-corrected chi connectivity index (χ3v) is 6.76. The van der Waals surface area contributed by atoms with E-state index in [9.17, 15) is 18.0 Å². The number of carbonyl (C=O) groups excluding carboxylic acids is 2. The molecular formula is C26H27N5O5S2. The number of nitrogens with two attached hydrogens (primary N) is 1. The van der Waals surface area contributed by atoms with Crippen LogP contribution in [0.3, 0.4) is 0 Å². The molecule has 3 heterocycles. The molecule has 4 aromatic rings. The first-order valence-corrected chi connectivity index (χ1v) is 14.4. The van der Waals surface area contributed by atoms with E-state index in [2.05, 4.69) is 9.88 Å².